The van der Waals surface area contributed by atoms with Crippen LogP contribution in [0.2, 0.25) is 0 Å². The van der Waals surface area contributed by atoms with E-state index in [1.54, 1.807) is 16.2 Å². The molecule has 1 amide bonds. The van der Waals surface area contributed by atoms with Crippen molar-refractivity contribution in [2.24, 2.45) is 0 Å². The fraction of sp³-hybridized carbons (Fsp3) is 0.440. The van der Waals surface area contributed by atoms with Crippen molar-refractivity contribution in [1.29, 1.82) is 0 Å². The van der Waals surface area contributed by atoms with Crippen molar-refractivity contribution in [2.45, 2.75) is 52.1 Å². The summed E-state index contributed by atoms with van der Waals surface area (Å²) in [5.41, 5.74) is 2.84. The summed E-state index contributed by atoms with van der Waals surface area (Å²) >= 11 is 1.57. The van der Waals surface area contributed by atoms with Gasteiger partial charge in [0.05, 0.1) is 29.5 Å². The van der Waals surface area contributed by atoms with E-state index >= 15 is 0 Å². The number of rotatable bonds is 9. The molecule has 2 heterocycles. The van der Waals surface area contributed by atoms with Gasteiger partial charge >= 0.3 is 0 Å². The summed E-state index contributed by atoms with van der Waals surface area (Å²) in [4.78, 5) is 20.1. The van der Waals surface area contributed by atoms with Crippen LogP contribution in [0.3, 0.4) is 0 Å². The predicted molar refractivity (Wildman–Crippen MR) is 126 cm³/mol. The Morgan fingerprint density at radius 3 is 2.77 bits per heavy atom. The third kappa shape index (κ3) is 5.25. The maximum absolute atomic E-state index is 13.5. The van der Waals surface area contributed by atoms with Crippen molar-refractivity contribution in [3.63, 3.8) is 0 Å². The summed E-state index contributed by atoms with van der Waals surface area (Å²) in [7, 11) is 0. The zero-order chi connectivity index (χ0) is 21.6. The fourth-order valence-electron chi connectivity index (χ4n) is 3.72. The molecule has 6 heteroatoms. The molecule has 1 atom stereocenters. The van der Waals surface area contributed by atoms with Crippen LogP contribution in [0, 0.1) is 0 Å². The van der Waals surface area contributed by atoms with E-state index in [-0.39, 0.29) is 12.0 Å². The van der Waals surface area contributed by atoms with E-state index in [1.807, 2.05) is 30.3 Å². The van der Waals surface area contributed by atoms with Crippen LogP contribution in [0.25, 0.3) is 10.2 Å². The molecule has 0 N–H and O–H groups in total. The van der Waals surface area contributed by atoms with Gasteiger partial charge in [-0.05, 0) is 67.6 Å². The molecule has 1 aromatic heterocycles. The molecular formula is C25H30N2O3S. The number of thiazole rings is 1. The van der Waals surface area contributed by atoms with Crippen LogP contribution < -0.4 is 9.64 Å². The van der Waals surface area contributed by atoms with Crippen LogP contribution >= 0.6 is 11.3 Å². The van der Waals surface area contributed by atoms with Crippen LogP contribution in [0.15, 0.2) is 42.5 Å². The van der Waals surface area contributed by atoms with Crippen molar-refractivity contribution >= 4 is 32.6 Å². The molecule has 0 spiro atoms. The Hall–Kier alpha value is -2.44. The number of carbonyl (C=O) groups excluding carboxylic acids is 1. The number of ether oxygens (including phenoxy) is 2. The lowest BCUT2D eigenvalue weighted by Crippen LogP contribution is -2.37. The first kappa shape index (κ1) is 21.8. The Morgan fingerprint density at radius 2 is 2.06 bits per heavy atom. The standard InChI is InChI=1S/C25H30N2O3S/c1-3-5-14-29-20-11-9-19(10-12-20)24(28)27(17-21-7-6-15-30-21)25-26-22-13-8-18(4-2)16-23(22)31-25/h8-13,16,21H,3-7,14-15,17H2,1-2H3. The van der Waals surface area contributed by atoms with Gasteiger partial charge in [0.1, 0.15) is 5.75 Å². The number of aryl methyl sites for hydroxylation is 1. The Labute approximate surface area is 188 Å². The average Bonchev–Trinajstić information content (AvgIpc) is 3.46. The molecule has 1 aliphatic heterocycles. The molecule has 2 aromatic carbocycles. The number of hydrogen-bond donors (Lipinski definition) is 0. The van der Waals surface area contributed by atoms with Crippen molar-refractivity contribution in [2.75, 3.05) is 24.7 Å². The van der Waals surface area contributed by atoms with E-state index in [0.717, 1.165) is 59.8 Å². The van der Waals surface area contributed by atoms with Gasteiger partial charge in [0.2, 0.25) is 0 Å². The smallest absolute Gasteiger partial charge is 0.260 e. The number of amides is 1. The highest BCUT2D eigenvalue weighted by Gasteiger charge is 2.27. The largest absolute Gasteiger partial charge is 0.494 e. The highest BCUT2D eigenvalue weighted by molar-refractivity contribution is 7.22. The number of nitrogens with zero attached hydrogens (tertiary/aromatic N) is 2. The fourth-order valence-corrected chi connectivity index (χ4v) is 4.75. The van der Waals surface area contributed by atoms with Crippen molar-refractivity contribution < 1.29 is 14.3 Å². The van der Waals surface area contributed by atoms with Gasteiger partial charge in [-0.1, -0.05) is 37.7 Å². The summed E-state index contributed by atoms with van der Waals surface area (Å²) in [6.45, 7) is 6.26. The van der Waals surface area contributed by atoms with Gasteiger partial charge in [-0.25, -0.2) is 4.98 Å². The first-order valence-electron chi connectivity index (χ1n) is 11.2. The topological polar surface area (TPSA) is 51.7 Å². The van der Waals surface area contributed by atoms with Gasteiger partial charge in [0, 0.05) is 12.2 Å². The zero-order valence-corrected chi connectivity index (χ0v) is 19.1. The molecule has 0 saturated carbocycles. The summed E-state index contributed by atoms with van der Waals surface area (Å²) in [6.07, 6.45) is 5.16. The van der Waals surface area contributed by atoms with Crippen LogP contribution in [0.4, 0.5) is 5.13 Å². The molecule has 0 radical (unpaired) electrons. The molecule has 5 nitrogen and oxygen atoms in total. The number of anilines is 1. The number of benzene rings is 2. The number of aromatic nitrogens is 1. The molecule has 4 rings (SSSR count). The molecule has 31 heavy (non-hydrogen) atoms. The number of unbranched alkanes of at least 4 members (excludes halogenated alkanes) is 1. The lowest BCUT2D eigenvalue weighted by molar-refractivity contribution is 0.0917. The normalized spacial score (nSPS) is 16.0. The molecule has 1 saturated heterocycles. The van der Waals surface area contributed by atoms with Gasteiger partial charge in [-0.2, -0.15) is 0 Å². The number of carbonyl (C=O) groups is 1. The Balaban J connectivity index is 1.59. The van der Waals surface area contributed by atoms with Gasteiger partial charge in [-0.3, -0.25) is 9.69 Å². The summed E-state index contributed by atoms with van der Waals surface area (Å²) in [6, 6.07) is 13.8. The molecule has 0 bridgehead atoms. The van der Waals surface area contributed by atoms with Crippen LogP contribution in [0.5, 0.6) is 5.75 Å². The third-order valence-electron chi connectivity index (χ3n) is 5.60. The summed E-state index contributed by atoms with van der Waals surface area (Å²) < 4.78 is 12.7. The summed E-state index contributed by atoms with van der Waals surface area (Å²) in [5, 5.41) is 0.729. The second-order valence-electron chi connectivity index (χ2n) is 7.93. The number of fused-ring (bicyclic) bond motifs is 1. The second kappa shape index (κ2) is 10.2. The summed E-state index contributed by atoms with van der Waals surface area (Å²) in [5.74, 6) is 0.744. The Kier molecular flexibility index (Phi) is 7.20. The minimum Gasteiger partial charge on any atom is -0.494 e. The van der Waals surface area contributed by atoms with Crippen molar-refractivity contribution in [3.8, 4) is 5.75 Å². The first-order chi connectivity index (χ1) is 15.2. The molecule has 1 aliphatic rings. The second-order valence-corrected chi connectivity index (χ2v) is 8.94. The van der Waals surface area contributed by atoms with E-state index in [0.29, 0.717) is 18.7 Å². The van der Waals surface area contributed by atoms with Crippen molar-refractivity contribution in [3.05, 3.63) is 53.6 Å². The number of hydrogen-bond acceptors (Lipinski definition) is 5. The SMILES string of the molecule is CCCCOc1ccc(C(=O)N(CC2CCCO2)c2nc3ccc(CC)cc3s2)cc1. The monoisotopic (exact) mass is 438 g/mol. The molecule has 0 aliphatic carbocycles. The molecule has 164 valence electrons. The first-order valence-corrected chi connectivity index (χ1v) is 12.1. The Morgan fingerprint density at radius 1 is 1.23 bits per heavy atom. The van der Waals surface area contributed by atoms with E-state index in [9.17, 15) is 4.79 Å². The molecular weight excluding hydrogens is 408 g/mol. The third-order valence-corrected chi connectivity index (χ3v) is 6.65. The zero-order valence-electron chi connectivity index (χ0n) is 18.3. The Bertz CT molecular complexity index is 1010. The molecule has 1 unspecified atom stereocenters. The maximum Gasteiger partial charge on any atom is 0.260 e. The van der Waals surface area contributed by atoms with Crippen LogP contribution in [-0.2, 0) is 11.2 Å². The lowest BCUT2D eigenvalue weighted by Gasteiger charge is -2.23. The van der Waals surface area contributed by atoms with E-state index in [4.69, 9.17) is 14.5 Å². The molecule has 1 fully saturated rings. The highest BCUT2D eigenvalue weighted by Crippen LogP contribution is 2.32. The van der Waals surface area contributed by atoms with Gasteiger partial charge in [0.25, 0.3) is 5.91 Å². The van der Waals surface area contributed by atoms with Gasteiger partial charge in [-0.15, -0.1) is 0 Å². The molecule has 3 aromatic rings. The quantitative estimate of drug-likeness (QED) is 0.393. The predicted octanol–water partition coefficient (Wildman–Crippen LogP) is 5.86. The van der Waals surface area contributed by atoms with Crippen LogP contribution in [0.1, 0.15) is 55.5 Å². The van der Waals surface area contributed by atoms with E-state index < -0.39 is 0 Å². The van der Waals surface area contributed by atoms with Crippen LogP contribution in [-0.4, -0.2) is 36.8 Å². The maximum atomic E-state index is 13.5. The van der Waals surface area contributed by atoms with E-state index in [1.165, 1.54) is 5.56 Å². The van der Waals surface area contributed by atoms with Crippen molar-refractivity contribution in [1.82, 2.24) is 4.98 Å². The minimum absolute atomic E-state index is 0.0506. The van der Waals surface area contributed by atoms with E-state index in [2.05, 4.69) is 26.0 Å². The van der Waals surface area contributed by atoms with Gasteiger partial charge < -0.3 is 9.47 Å². The van der Waals surface area contributed by atoms with Gasteiger partial charge in [0.15, 0.2) is 5.13 Å². The highest BCUT2D eigenvalue weighted by atomic mass is 32.1. The minimum atomic E-state index is -0.0506. The average molecular weight is 439 g/mol. The lowest BCUT2D eigenvalue weighted by atomic mass is 10.1.